The van der Waals surface area contributed by atoms with Gasteiger partial charge >= 0.3 is 0 Å². The maximum Gasteiger partial charge on any atom is 0.261 e. The van der Waals surface area contributed by atoms with Crippen LogP contribution in [0.1, 0.15) is 5.56 Å². The van der Waals surface area contributed by atoms with Gasteiger partial charge in [0, 0.05) is 11.9 Å². The summed E-state index contributed by atoms with van der Waals surface area (Å²) >= 11 is 12.5. The highest BCUT2D eigenvalue weighted by atomic mass is 35.5. The highest BCUT2D eigenvalue weighted by molar-refractivity contribution is 6.45. The molecular formula is C18H11Cl2N3O. The molecule has 3 heterocycles. The molecule has 0 amide bonds. The monoisotopic (exact) mass is 355 g/mol. The van der Waals surface area contributed by atoms with Crippen molar-refractivity contribution in [3.63, 3.8) is 0 Å². The number of nitrogens with zero attached hydrogens (tertiary/aromatic N) is 2. The van der Waals surface area contributed by atoms with E-state index in [1.54, 1.807) is 10.6 Å². The van der Waals surface area contributed by atoms with E-state index in [9.17, 15) is 4.79 Å². The SMILES string of the molecule is O=c1c2ccccc2nc2n1CCc1c-2[nH]c2c(Cl)c(Cl)ccc12. The van der Waals surface area contributed by atoms with E-state index in [2.05, 4.69) is 4.98 Å². The topological polar surface area (TPSA) is 50.7 Å². The van der Waals surface area contributed by atoms with Crippen molar-refractivity contribution in [2.75, 3.05) is 0 Å². The molecule has 0 aliphatic carbocycles. The summed E-state index contributed by atoms with van der Waals surface area (Å²) in [7, 11) is 0. The van der Waals surface area contributed by atoms with Crippen LogP contribution in [0.5, 0.6) is 0 Å². The van der Waals surface area contributed by atoms with E-state index < -0.39 is 0 Å². The van der Waals surface area contributed by atoms with Crippen LogP contribution in [-0.2, 0) is 13.0 Å². The van der Waals surface area contributed by atoms with Crippen LogP contribution in [-0.4, -0.2) is 14.5 Å². The first-order chi connectivity index (χ1) is 11.6. The molecule has 1 N–H and O–H groups in total. The lowest BCUT2D eigenvalue weighted by Gasteiger charge is -2.18. The first-order valence-corrected chi connectivity index (χ1v) is 8.39. The van der Waals surface area contributed by atoms with Gasteiger partial charge in [-0.1, -0.05) is 41.4 Å². The molecule has 1 aliphatic heterocycles. The van der Waals surface area contributed by atoms with Crippen LogP contribution < -0.4 is 5.56 Å². The van der Waals surface area contributed by atoms with Gasteiger partial charge in [0.15, 0.2) is 5.82 Å². The van der Waals surface area contributed by atoms with Crippen molar-refractivity contribution in [3.05, 3.63) is 62.4 Å². The molecule has 118 valence electrons. The van der Waals surface area contributed by atoms with Gasteiger partial charge in [0.2, 0.25) is 0 Å². The van der Waals surface area contributed by atoms with E-state index in [1.165, 1.54) is 0 Å². The van der Waals surface area contributed by atoms with Gasteiger partial charge in [-0.3, -0.25) is 9.36 Å². The fourth-order valence-corrected chi connectivity index (χ4v) is 3.87. The molecular weight excluding hydrogens is 345 g/mol. The van der Waals surface area contributed by atoms with Crippen molar-refractivity contribution in [1.29, 1.82) is 0 Å². The van der Waals surface area contributed by atoms with Crippen LogP contribution in [0.25, 0.3) is 33.3 Å². The average molecular weight is 356 g/mol. The van der Waals surface area contributed by atoms with Crippen LogP contribution in [0.4, 0.5) is 0 Å². The Morgan fingerprint density at radius 1 is 1.08 bits per heavy atom. The van der Waals surface area contributed by atoms with E-state index in [4.69, 9.17) is 28.2 Å². The van der Waals surface area contributed by atoms with Crippen LogP contribution in [0, 0.1) is 0 Å². The quantitative estimate of drug-likeness (QED) is 0.508. The Bertz CT molecular complexity index is 1210. The highest BCUT2D eigenvalue weighted by Gasteiger charge is 2.25. The van der Waals surface area contributed by atoms with Crippen molar-refractivity contribution >= 4 is 45.0 Å². The van der Waals surface area contributed by atoms with E-state index in [0.717, 1.165) is 28.6 Å². The minimum Gasteiger partial charge on any atom is -0.350 e. The van der Waals surface area contributed by atoms with Crippen molar-refractivity contribution in [1.82, 2.24) is 14.5 Å². The maximum absolute atomic E-state index is 12.8. The summed E-state index contributed by atoms with van der Waals surface area (Å²) < 4.78 is 1.73. The lowest BCUT2D eigenvalue weighted by atomic mass is 10.0. The van der Waals surface area contributed by atoms with Crippen LogP contribution in [0.3, 0.4) is 0 Å². The fourth-order valence-electron chi connectivity index (χ4n) is 3.50. The molecule has 2 aromatic heterocycles. The van der Waals surface area contributed by atoms with E-state index in [-0.39, 0.29) is 5.56 Å². The number of aryl methyl sites for hydroxylation is 1. The number of nitrogens with one attached hydrogen (secondary N) is 1. The number of aromatic amines is 1. The summed E-state index contributed by atoms with van der Waals surface area (Å²) in [6, 6.07) is 11.2. The van der Waals surface area contributed by atoms with Gasteiger partial charge in [0.25, 0.3) is 5.56 Å². The standard InChI is InChI=1S/C18H11Cl2N3O/c19-12-6-5-9-10-7-8-23-17(16(10)22-15(9)14(12)20)21-13-4-2-1-3-11(13)18(23)24/h1-6,22H,7-8H2. The number of H-pyrrole nitrogens is 1. The third-order valence-electron chi connectivity index (χ3n) is 4.64. The number of halogens is 2. The Kier molecular flexibility index (Phi) is 2.84. The van der Waals surface area contributed by atoms with Gasteiger partial charge < -0.3 is 4.98 Å². The molecule has 4 aromatic rings. The average Bonchev–Trinajstić information content (AvgIpc) is 2.98. The molecule has 0 radical (unpaired) electrons. The molecule has 5 rings (SSSR count). The summed E-state index contributed by atoms with van der Waals surface area (Å²) in [6.45, 7) is 0.603. The molecule has 0 spiro atoms. The summed E-state index contributed by atoms with van der Waals surface area (Å²) in [5, 5.41) is 2.68. The summed E-state index contributed by atoms with van der Waals surface area (Å²) in [6.07, 6.45) is 0.750. The lowest BCUT2D eigenvalue weighted by molar-refractivity contribution is 0.653. The van der Waals surface area contributed by atoms with Crippen LogP contribution in [0.2, 0.25) is 10.0 Å². The molecule has 0 saturated heterocycles. The number of benzene rings is 2. The first kappa shape index (κ1) is 14.1. The number of hydrogen-bond donors (Lipinski definition) is 1. The Morgan fingerprint density at radius 2 is 1.92 bits per heavy atom. The Morgan fingerprint density at radius 3 is 2.79 bits per heavy atom. The molecule has 2 aromatic carbocycles. The normalized spacial score (nSPS) is 13.2. The number of fused-ring (bicyclic) bond motifs is 6. The molecule has 1 aliphatic rings. The van der Waals surface area contributed by atoms with Gasteiger partial charge in [0.1, 0.15) is 0 Å². The Labute approximate surface area is 146 Å². The van der Waals surface area contributed by atoms with Crippen LogP contribution in [0.15, 0.2) is 41.2 Å². The molecule has 0 unspecified atom stereocenters. The second kappa shape index (κ2) is 4.85. The lowest BCUT2D eigenvalue weighted by Crippen LogP contribution is -2.27. The minimum absolute atomic E-state index is 0.0102. The number of hydrogen-bond acceptors (Lipinski definition) is 2. The van der Waals surface area contributed by atoms with Gasteiger partial charge in [-0.05, 0) is 30.2 Å². The summed E-state index contributed by atoms with van der Waals surface area (Å²) in [5.41, 5.74) is 3.47. The highest BCUT2D eigenvalue weighted by Crippen LogP contribution is 2.38. The third kappa shape index (κ3) is 1.75. The van der Waals surface area contributed by atoms with Gasteiger partial charge in [-0.15, -0.1) is 0 Å². The van der Waals surface area contributed by atoms with Crippen molar-refractivity contribution < 1.29 is 0 Å². The van der Waals surface area contributed by atoms with Gasteiger partial charge in [-0.25, -0.2) is 4.98 Å². The third-order valence-corrected chi connectivity index (χ3v) is 5.45. The predicted molar refractivity (Wildman–Crippen MR) is 97.0 cm³/mol. The van der Waals surface area contributed by atoms with Crippen molar-refractivity contribution in [2.24, 2.45) is 0 Å². The largest absolute Gasteiger partial charge is 0.350 e. The molecule has 24 heavy (non-hydrogen) atoms. The maximum atomic E-state index is 12.8. The number of para-hydroxylation sites is 1. The molecule has 0 atom stereocenters. The molecule has 4 nitrogen and oxygen atoms in total. The van der Waals surface area contributed by atoms with Gasteiger partial charge in [0.05, 0.1) is 32.2 Å². The molecule has 6 heteroatoms. The second-order valence-electron chi connectivity index (χ2n) is 5.92. The Hall–Kier alpha value is -2.30. The molecule has 0 saturated carbocycles. The fraction of sp³-hybridized carbons (Fsp3) is 0.111. The van der Waals surface area contributed by atoms with Crippen molar-refractivity contribution in [2.45, 2.75) is 13.0 Å². The second-order valence-corrected chi connectivity index (χ2v) is 6.71. The van der Waals surface area contributed by atoms with Crippen molar-refractivity contribution in [3.8, 4) is 11.5 Å². The smallest absolute Gasteiger partial charge is 0.261 e. The zero-order chi connectivity index (χ0) is 16.4. The Balaban J connectivity index is 1.91. The predicted octanol–water partition coefficient (Wildman–Crippen LogP) is 4.41. The van der Waals surface area contributed by atoms with E-state index >= 15 is 0 Å². The first-order valence-electron chi connectivity index (χ1n) is 7.63. The number of rotatable bonds is 0. The van der Waals surface area contributed by atoms with Crippen LogP contribution >= 0.6 is 23.2 Å². The summed E-state index contributed by atoms with van der Waals surface area (Å²) in [4.78, 5) is 20.8. The number of aromatic nitrogens is 3. The van der Waals surface area contributed by atoms with Gasteiger partial charge in [-0.2, -0.15) is 0 Å². The minimum atomic E-state index is -0.0102. The molecule has 0 fully saturated rings. The molecule has 0 bridgehead atoms. The zero-order valence-electron chi connectivity index (χ0n) is 12.4. The van der Waals surface area contributed by atoms with E-state index in [1.807, 2.05) is 30.3 Å². The summed E-state index contributed by atoms with van der Waals surface area (Å²) in [5.74, 6) is 0.656. The van der Waals surface area contributed by atoms with E-state index in [0.29, 0.717) is 33.3 Å². The zero-order valence-corrected chi connectivity index (χ0v) is 13.9.